The zero-order valence-corrected chi connectivity index (χ0v) is 16.8. The van der Waals surface area contributed by atoms with Crippen LogP contribution in [0.4, 0.5) is 4.79 Å². The average molecular weight is 414 g/mol. The number of nitrogens with zero attached hydrogens (tertiary/aromatic N) is 2. The lowest BCUT2D eigenvalue weighted by molar-refractivity contribution is -0.121. The van der Waals surface area contributed by atoms with Crippen LogP contribution in [-0.4, -0.2) is 86.3 Å². The van der Waals surface area contributed by atoms with Gasteiger partial charge in [0.2, 0.25) is 15.9 Å². The van der Waals surface area contributed by atoms with Gasteiger partial charge in [-0.15, -0.1) is 0 Å². The molecule has 0 bridgehead atoms. The van der Waals surface area contributed by atoms with Gasteiger partial charge in [0.25, 0.3) is 0 Å². The second kappa shape index (κ2) is 8.20. The number of carbonyl (C=O) groups excluding carboxylic acids is 2. The van der Waals surface area contributed by atoms with E-state index in [0.29, 0.717) is 30.4 Å². The molecule has 3 rings (SSSR count). The maximum atomic E-state index is 13.0. The number of nitriles is 1. The third-order valence-corrected chi connectivity index (χ3v) is 7.94. The van der Waals surface area contributed by atoms with E-state index in [9.17, 15) is 18.0 Å². The monoisotopic (exact) mass is 413 g/mol. The van der Waals surface area contributed by atoms with E-state index in [2.05, 4.69) is 32.7 Å². The summed E-state index contributed by atoms with van der Waals surface area (Å²) in [5.41, 5.74) is 0. The molecule has 0 spiro atoms. The number of nitrogens with one attached hydrogen (secondary N) is 5. The molecule has 6 atom stereocenters. The summed E-state index contributed by atoms with van der Waals surface area (Å²) in [6.45, 7) is 4.58. The molecular weight excluding hydrogens is 386 g/mol. The van der Waals surface area contributed by atoms with Crippen molar-refractivity contribution in [2.75, 3.05) is 26.2 Å². The SMILES string of the molecule is CC1NCCC2NC(=O)N(CC(=O)N[C@@H](C)C3CNC(C#N)CN3)S(=O)(=O)C12. The first-order chi connectivity index (χ1) is 13.2. The van der Waals surface area contributed by atoms with Crippen molar-refractivity contribution in [3.63, 3.8) is 0 Å². The summed E-state index contributed by atoms with van der Waals surface area (Å²) >= 11 is 0. The molecule has 3 heterocycles. The van der Waals surface area contributed by atoms with Gasteiger partial charge in [-0.1, -0.05) is 0 Å². The Kier molecular flexibility index (Phi) is 6.09. The molecule has 0 aromatic rings. The minimum Gasteiger partial charge on any atom is -0.350 e. The van der Waals surface area contributed by atoms with Gasteiger partial charge in [-0.2, -0.15) is 5.26 Å². The number of hydrogen-bond donors (Lipinski definition) is 5. The Labute approximate surface area is 164 Å². The fourth-order valence-electron chi connectivity index (χ4n) is 4.03. The predicted molar refractivity (Wildman–Crippen MR) is 101 cm³/mol. The zero-order valence-electron chi connectivity index (χ0n) is 15.9. The molecule has 0 aromatic carbocycles. The minimum absolute atomic E-state index is 0.104. The van der Waals surface area contributed by atoms with Gasteiger partial charge >= 0.3 is 6.03 Å². The number of urea groups is 1. The molecule has 11 nitrogen and oxygen atoms in total. The number of piperazine rings is 1. The topological polar surface area (TPSA) is 155 Å². The van der Waals surface area contributed by atoms with Crippen molar-refractivity contribution in [1.82, 2.24) is 30.9 Å². The van der Waals surface area contributed by atoms with E-state index < -0.39 is 39.8 Å². The Hall–Kier alpha value is -1.94. The highest BCUT2D eigenvalue weighted by molar-refractivity contribution is 7.90. The number of piperidine rings is 1. The standard InChI is InChI=1S/C16H27N7O4S/c1-9(13-7-19-11(5-17)6-20-13)21-14(24)8-23-16(25)22-12-3-4-18-10(2)15(12)28(23,26)27/h9-13,15,18-20H,3-4,6-8H2,1-2H3,(H,21,24)(H,22,25)/t9-,10?,11?,12?,13?,15?/m0/s1. The molecule has 3 fully saturated rings. The summed E-state index contributed by atoms with van der Waals surface area (Å²) < 4.78 is 26.5. The van der Waals surface area contributed by atoms with Crippen molar-refractivity contribution in [3.8, 4) is 6.07 Å². The van der Waals surface area contributed by atoms with Crippen LogP contribution in [0.1, 0.15) is 20.3 Å². The molecule has 156 valence electrons. The normalized spacial score (nSPS) is 35.8. The highest BCUT2D eigenvalue weighted by Crippen LogP contribution is 2.25. The molecule has 0 radical (unpaired) electrons. The summed E-state index contributed by atoms with van der Waals surface area (Å²) in [6, 6.07) is -0.0980. The smallest absolute Gasteiger partial charge is 0.331 e. The van der Waals surface area contributed by atoms with Gasteiger partial charge in [-0.05, 0) is 26.8 Å². The number of amides is 3. The highest BCUT2D eigenvalue weighted by atomic mass is 32.2. The highest BCUT2D eigenvalue weighted by Gasteiger charge is 2.50. The van der Waals surface area contributed by atoms with Gasteiger partial charge in [0, 0.05) is 31.2 Å². The van der Waals surface area contributed by atoms with Gasteiger partial charge < -0.3 is 21.3 Å². The van der Waals surface area contributed by atoms with Crippen LogP contribution >= 0.6 is 0 Å². The van der Waals surface area contributed by atoms with Crippen molar-refractivity contribution in [3.05, 3.63) is 0 Å². The van der Waals surface area contributed by atoms with Crippen LogP contribution in [0.3, 0.4) is 0 Å². The third kappa shape index (κ3) is 4.07. The van der Waals surface area contributed by atoms with Gasteiger partial charge in [-0.3, -0.25) is 10.1 Å². The summed E-state index contributed by atoms with van der Waals surface area (Å²) in [4.78, 5) is 24.8. The molecule has 3 aliphatic heterocycles. The van der Waals surface area contributed by atoms with Crippen LogP contribution in [-0.2, 0) is 14.8 Å². The molecule has 3 saturated heterocycles. The summed E-state index contributed by atoms with van der Waals surface area (Å²) in [7, 11) is -3.96. The van der Waals surface area contributed by atoms with Crippen LogP contribution < -0.4 is 26.6 Å². The van der Waals surface area contributed by atoms with Crippen LogP contribution in [0.15, 0.2) is 0 Å². The molecule has 0 aliphatic carbocycles. The van der Waals surface area contributed by atoms with E-state index in [1.807, 2.05) is 0 Å². The van der Waals surface area contributed by atoms with Crippen LogP contribution in [0.2, 0.25) is 0 Å². The van der Waals surface area contributed by atoms with Gasteiger partial charge in [0.1, 0.15) is 17.8 Å². The molecule has 0 aromatic heterocycles. The van der Waals surface area contributed by atoms with Crippen LogP contribution in [0.25, 0.3) is 0 Å². The van der Waals surface area contributed by atoms with Crippen molar-refractivity contribution in [2.45, 2.75) is 55.7 Å². The largest absolute Gasteiger partial charge is 0.350 e. The Morgan fingerprint density at radius 3 is 2.75 bits per heavy atom. The van der Waals surface area contributed by atoms with Gasteiger partial charge in [-0.25, -0.2) is 17.5 Å². The number of hydrogen-bond acceptors (Lipinski definition) is 8. The molecule has 3 aliphatic rings. The van der Waals surface area contributed by atoms with E-state index >= 15 is 0 Å². The second-order valence-electron chi connectivity index (χ2n) is 7.56. The number of rotatable bonds is 4. The van der Waals surface area contributed by atoms with E-state index in [0.717, 1.165) is 0 Å². The first-order valence-electron chi connectivity index (χ1n) is 9.45. The first-order valence-corrected chi connectivity index (χ1v) is 11.0. The van der Waals surface area contributed by atoms with E-state index in [1.54, 1.807) is 13.8 Å². The lowest BCUT2D eigenvalue weighted by Gasteiger charge is -2.43. The Balaban J connectivity index is 1.61. The lowest BCUT2D eigenvalue weighted by atomic mass is 10.00. The second-order valence-corrected chi connectivity index (χ2v) is 9.58. The van der Waals surface area contributed by atoms with Crippen molar-refractivity contribution >= 4 is 22.0 Å². The number of fused-ring (bicyclic) bond motifs is 1. The molecule has 5 N–H and O–H groups in total. The van der Waals surface area contributed by atoms with Gasteiger partial charge in [0.05, 0.1) is 12.1 Å². The quantitative estimate of drug-likeness (QED) is 0.336. The Bertz CT molecular complexity index is 759. The maximum Gasteiger partial charge on any atom is 0.331 e. The third-order valence-electron chi connectivity index (χ3n) is 5.60. The summed E-state index contributed by atoms with van der Waals surface area (Å²) in [6.07, 6.45) is 0.529. The van der Waals surface area contributed by atoms with E-state index in [-0.39, 0.29) is 24.2 Å². The van der Waals surface area contributed by atoms with E-state index in [1.165, 1.54) is 0 Å². The molecule has 5 unspecified atom stereocenters. The average Bonchev–Trinajstić information content (AvgIpc) is 2.64. The van der Waals surface area contributed by atoms with Crippen LogP contribution in [0.5, 0.6) is 0 Å². The van der Waals surface area contributed by atoms with Crippen molar-refractivity contribution < 1.29 is 18.0 Å². The van der Waals surface area contributed by atoms with Crippen molar-refractivity contribution in [1.29, 1.82) is 5.26 Å². The fourth-order valence-corrected chi connectivity index (χ4v) is 6.13. The van der Waals surface area contributed by atoms with Gasteiger partial charge in [0.15, 0.2) is 0 Å². The first kappa shape index (κ1) is 20.8. The zero-order chi connectivity index (χ0) is 20.5. The predicted octanol–water partition coefficient (Wildman–Crippen LogP) is -2.58. The molecule has 28 heavy (non-hydrogen) atoms. The van der Waals surface area contributed by atoms with Crippen molar-refractivity contribution in [2.24, 2.45) is 0 Å². The fraction of sp³-hybridized carbons (Fsp3) is 0.812. The maximum absolute atomic E-state index is 13.0. The molecule has 3 amide bonds. The molecule has 12 heteroatoms. The summed E-state index contributed by atoms with van der Waals surface area (Å²) in [5, 5.41) is 22.9. The lowest BCUT2D eigenvalue weighted by Crippen LogP contribution is -2.70. The number of carbonyl (C=O) groups is 2. The van der Waals surface area contributed by atoms with E-state index in [4.69, 9.17) is 5.26 Å². The summed E-state index contributed by atoms with van der Waals surface area (Å²) in [5.74, 6) is -0.551. The molecule has 0 saturated carbocycles. The Morgan fingerprint density at radius 1 is 1.36 bits per heavy atom. The minimum atomic E-state index is -3.96. The molecular formula is C16H27N7O4S. The number of sulfonamides is 1. The Morgan fingerprint density at radius 2 is 2.11 bits per heavy atom. The van der Waals surface area contributed by atoms with Crippen LogP contribution in [0, 0.1) is 11.3 Å².